The highest BCUT2D eigenvalue weighted by molar-refractivity contribution is 5.71. The number of rotatable bonds is 3. The summed E-state index contributed by atoms with van der Waals surface area (Å²) < 4.78 is 6.02. The third kappa shape index (κ3) is 2.18. The van der Waals surface area contributed by atoms with Crippen molar-refractivity contribution in [1.29, 1.82) is 0 Å². The number of benzene rings is 1. The fraction of sp³-hybridized carbons (Fsp3) is 0.350. The van der Waals surface area contributed by atoms with Crippen LogP contribution in [-0.2, 0) is 6.42 Å². The van der Waals surface area contributed by atoms with Crippen molar-refractivity contribution < 1.29 is 4.74 Å². The van der Waals surface area contributed by atoms with Crippen LogP contribution in [0.5, 0.6) is 5.75 Å². The van der Waals surface area contributed by atoms with E-state index in [1.54, 1.807) is 12.7 Å². The Morgan fingerprint density at radius 1 is 1.24 bits per heavy atom. The first-order valence-corrected chi connectivity index (χ1v) is 8.83. The number of H-pyrrole nitrogens is 1. The molecule has 1 aliphatic carbocycles. The minimum Gasteiger partial charge on any atom is -0.493 e. The summed E-state index contributed by atoms with van der Waals surface area (Å²) >= 11 is 0. The lowest BCUT2D eigenvalue weighted by atomic mass is 9.95. The Bertz CT molecular complexity index is 935. The van der Waals surface area contributed by atoms with Gasteiger partial charge >= 0.3 is 0 Å². The summed E-state index contributed by atoms with van der Waals surface area (Å²) in [5, 5.41) is 0. The number of nitrogens with one attached hydrogen (secondary N) is 1. The molecule has 3 heterocycles. The van der Waals surface area contributed by atoms with Crippen molar-refractivity contribution in [2.45, 2.75) is 32.1 Å². The zero-order chi connectivity index (χ0) is 17.0. The third-order valence-electron chi connectivity index (χ3n) is 5.59. The molecule has 1 saturated carbocycles. The first-order chi connectivity index (χ1) is 12.3. The molecule has 3 aromatic rings. The first-order valence-electron chi connectivity index (χ1n) is 8.83. The Labute approximate surface area is 146 Å². The van der Waals surface area contributed by atoms with Gasteiger partial charge in [-0.05, 0) is 36.6 Å². The van der Waals surface area contributed by atoms with Crippen molar-refractivity contribution in [2.75, 3.05) is 6.61 Å². The predicted octanol–water partition coefficient (Wildman–Crippen LogP) is 3.63. The number of aromatic amines is 1. The van der Waals surface area contributed by atoms with Crippen LogP contribution in [0.4, 0.5) is 0 Å². The standard InChI is InChI=1S/C20H20N4O/c1-3-15-18(11(2)22-10-24-15)12-4-5-17-13(6-12)19-14(8-25-17)20(19)16-7-21-9-23-16/h4-7,9-10,14,19-20H,3,8H2,1-2H3,(H,21,23). The maximum absolute atomic E-state index is 6.02. The van der Waals surface area contributed by atoms with E-state index in [0.29, 0.717) is 17.8 Å². The maximum Gasteiger partial charge on any atom is 0.122 e. The topological polar surface area (TPSA) is 63.7 Å². The Morgan fingerprint density at radius 2 is 2.16 bits per heavy atom. The first kappa shape index (κ1) is 14.6. The molecule has 0 amide bonds. The van der Waals surface area contributed by atoms with Crippen molar-refractivity contribution in [1.82, 2.24) is 19.9 Å². The minimum absolute atomic E-state index is 0.484. The molecule has 1 aromatic carbocycles. The molecule has 5 nitrogen and oxygen atoms in total. The molecule has 0 saturated heterocycles. The summed E-state index contributed by atoms with van der Waals surface area (Å²) in [6, 6.07) is 6.53. The van der Waals surface area contributed by atoms with Gasteiger partial charge in [0.1, 0.15) is 12.1 Å². The summed E-state index contributed by atoms with van der Waals surface area (Å²) in [7, 11) is 0. The number of fused-ring (bicyclic) bond motifs is 3. The van der Waals surface area contributed by atoms with Crippen LogP contribution >= 0.6 is 0 Å². The second-order valence-corrected chi connectivity index (χ2v) is 6.92. The van der Waals surface area contributed by atoms with Crippen LogP contribution < -0.4 is 4.74 Å². The van der Waals surface area contributed by atoms with E-state index in [1.807, 2.05) is 6.20 Å². The third-order valence-corrected chi connectivity index (χ3v) is 5.59. The van der Waals surface area contributed by atoms with E-state index in [4.69, 9.17) is 4.74 Å². The van der Waals surface area contributed by atoms with Gasteiger partial charge in [-0.1, -0.05) is 13.0 Å². The van der Waals surface area contributed by atoms with Crippen molar-refractivity contribution >= 4 is 0 Å². The number of aromatic nitrogens is 4. The molecule has 126 valence electrons. The second-order valence-electron chi connectivity index (χ2n) is 6.92. The molecule has 0 spiro atoms. The van der Waals surface area contributed by atoms with Crippen LogP contribution in [0.3, 0.4) is 0 Å². The molecule has 1 aliphatic heterocycles. The zero-order valence-electron chi connectivity index (χ0n) is 14.4. The highest BCUT2D eigenvalue weighted by atomic mass is 16.5. The molecule has 1 N–H and O–H groups in total. The highest BCUT2D eigenvalue weighted by Gasteiger charge is 2.56. The zero-order valence-corrected chi connectivity index (χ0v) is 14.4. The molecular weight excluding hydrogens is 312 g/mol. The molecule has 5 heteroatoms. The second kappa shape index (κ2) is 5.41. The summed E-state index contributed by atoms with van der Waals surface area (Å²) in [5.74, 6) is 2.55. The van der Waals surface area contributed by atoms with Crippen LogP contribution in [0, 0.1) is 12.8 Å². The van der Waals surface area contributed by atoms with E-state index in [9.17, 15) is 0 Å². The summed E-state index contributed by atoms with van der Waals surface area (Å²) in [6.07, 6.45) is 6.26. The highest BCUT2D eigenvalue weighted by Crippen LogP contribution is 2.64. The van der Waals surface area contributed by atoms with E-state index in [1.165, 1.54) is 16.8 Å². The van der Waals surface area contributed by atoms with E-state index < -0.39 is 0 Å². The quantitative estimate of drug-likeness (QED) is 0.795. The normalized spacial score (nSPS) is 23.5. The maximum atomic E-state index is 6.02. The minimum atomic E-state index is 0.484. The lowest BCUT2D eigenvalue weighted by Gasteiger charge is -2.18. The van der Waals surface area contributed by atoms with Gasteiger partial charge in [0.05, 0.1) is 18.6 Å². The summed E-state index contributed by atoms with van der Waals surface area (Å²) in [6.45, 7) is 4.98. The Morgan fingerprint density at radius 3 is 2.96 bits per heavy atom. The lowest BCUT2D eigenvalue weighted by Crippen LogP contribution is -2.08. The summed E-state index contributed by atoms with van der Waals surface area (Å²) in [5.41, 5.74) is 6.99. The predicted molar refractivity (Wildman–Crippen MR) is 94.6 cm³/mol. The van der Waals surface area contributed by atoms with Crippen molar-refractivity contribution in [2.24, 2.45) is 5.92 Å². The Kier molecular flexibility index (Phi) is 3.17. The van der Waals surface area contributed by atoms with E-state index in [-0.39, 0.29) is 0 Å². The van der Waals surface area contributed by atoms with Gasteiger partial charge in [-0.3, -0.25) is 0 Å². The summed E-state index contributed by atoms with van der Waals surface area (Å²) in [4.78, 5) is 16.3. The average Bonchev–Trinajstić information content (AvgIpc) is 3.13. The molecule has 2 aromatic heterocycles. The van der Waals surface area contributed by atoms with E-state index in [2.05, 4.69) is 52.0 Å². The van der Waals surface area contributed by atoms with Crippen LogP contribution in [-0.4, -0.2) is 26.5 Å². The van der Waals surface area contributed by atoms with Gasteiger partial charge in [0.15, 0.2) is 0 Å². The fourth-order valence-corrected chi connectivity index (χ4v) is 4.33. The van der Waals surface area contributed by atoms with Crippen LogP contribution in [0.1, 0.15) is 41.4 Å². The molecule has 3 unspecified atom stereocenters. The number of hydrogen-bond acceptors (Lipinski definition) is 4. The molecular formula is C20H20N4O. The Hall–Kier alpha value is -2.69. The van der Waals surface area contributed by atoms with Crippen molar-refractivity contribution in [3.05, 3.63) is 59.7 Å². The van der Waals surface area contributed by atoms with Gasteiger partial charge in [0.2, 0.25) is 0 Å². The molecule has 2 aliphatic rings. The van der Waals surface area contributed by atoms with E-state index in [0.717, 1.165) is 35.7 Å². The fourth-order valence-electron chi connectivity index (χ4n) is 4.33. The Balaban J connectivity index is 1.59. The molecule has 3 atom stereocenters. The molecule has 5 rings (SSSR count). The van der Waals surface area contributed by atoms with Crippen molar-refractivity contribution in [3.63, 3.8) is 0 Å². The lowest BCUT2D eigenvalue weighted by molar-refractivity contribution is 0.277. The number of aryl methyl sites for hydroxylation is 2. The van der Waals surface area contributed by atoms with Gasteiger partial charge in [0, 0.05) is 40.9 Å². The monoisotopic (exact) mass is 332 g/mol. The molecule has 25 heavy (non-hydrogen) atoms. The van der Waals surface area contributed by atoms with Crippen LogP contribution in [0.2, 0.25) is 0 Å². The van der Waals surface area contributed by atoms with Gasteiger partial charge in [0.25, 0.3) is 0 Å². The van der Waals surface area contributed by atoms with Gasteiger partial charge in [-0.2, -0.15) is 0 Å². The number of imidazole rings is 1. The van der Waals surface area contributed by atoms with Gasteiger partial charge in [-0.25, -0.2) is 15.0 Å². The van der Waals surface area contributed by atoms with Gasteiger partial charge in [-0.15, -0.1) is 0 Å². The van der Waals surface area contributed by atoms with Gasteiger partial charge < -0.3 is 9.72 Å². The number of nitrogens with zero attached hydrogens (tertiary/aromatic N) is 3. The number of hydrogen-bond donors (Lipinski definition) is 1. The number of ether oxygens (including phenoxy) is 1. The smallest absolute Gasteiger partial charge is 0.122 e. The molecule has 0 bridgehead atoms. The average molecular weight is 332 g/mol. The molecule has 0 radical (unpaired) electrons. The van der Waals surface area contributed by atoms with Crippen LogP contribution in [0.15, 0.2) is 37.1 Å². The largest absolute Gasteiger partial charge is 0.493 e. The van der Waals surface area contributed by atoms with Crippen LogP contribution in [0.25, 0.3) is 11.1 Å². The SMILES string of the molecule is CCc1ncnc(C)c1-c1ccc2c(c1)C1C(CO2)C1c1cnc[nH]1. The van der Waals surface area contributed by atoms with E-state index >= 15 is 0 Å². The molecule has 1 fully saturated rings. The van der Waals surface area contributed by atoms with Crippen molar-refractivity contribution in [3.8, 4) is 16.9 Å².